The van der Waals surface area contributed by atoms with Crippen LogP contribution in [0.25, 0.3) is 0 Å². The molecule has 0 unspecified atom stereocenters. The molecule has 0 saturated carbocycles. The number of carbonyl (C=O) groups excluding carboxylic acids is 1. The molecule has 7 nitrogen and oxygen atoms in total. The van der Waals surface area contributed by atoms with Crippen LogP contribution in [0.1, 0.15) is 23.7 Å². The van der Waals surface area contributed by atoms with Gasteiger partial charge in [0.25, 0.3) is 0 Å². The van der Waals surface area contributed by atoms with Gasteiger partial charge in [0, 0.05) is 5.56 Å². The highest BCUT2D eigenvalue weighted by Crippen LogP contribution is 2.11. The van der Waals surface area contributed by atoms with E-state index in [1.54, 1.807) is 6.92 Å². The molecule has 1 aromatic carbocycles. The van der Waals surface area contributed by atoms with Gasteiger partial charge in [0.15, 0.2) is 0 Å². The molecular formula is C11H14N2O5S. The second-order valence-corrected chi connectivity index (χ2v) is 5.52. The molecule has 8 heteroatoms. The number of carboxylic acids is 1. The van der Waals surface area contributed by atoms with E-state index in [1.807, 2.05) is 0 Å². The Balaban J connectivity index is 3.00. The van der Waals surface area contributed by atoms with Gasteiger partial charge in [0.1, 0.15) is 6.04 Å². The van der Waals surface area contributed by atoms with Crippen molar-refractivity contribution in [2.45, 2.75) is 24.3 Å². The first kappa shape index (κ1) is 15.1. The average molecular weight is 286 g/mol. The van der Waals surface area contributed by atoms with E-state index in [2.05, 4.69) is 4.72 Å². The summed E-state index contributed by atoms with van der Waals surface area (Å²) in [6, 6.07) is 3.71. The summed E-state index contributed by atoms with van der Waals surface area (Å²) in [6.45, 7) is 1.55. The molecule has 0 fully saturated rings. The van der Waals surface area contributed by atoms with Gasteiger partial charge in [-0.2, -0.15) is 4.72 Å². The van der Waals surface area contributed by atoms with E-state index in [0.29, 0.717) is 0 Å². The molecule has 1 amide bonds. The number of rotatable bonds is 6. The maximum atomic E-state index is 11.9. The van der Waals surface area contributed by atoms with Gasteiger partial charge in [-0.1, -0.05) is 6.92 Å². The van der Waals surface area contributed by atoms with Gasteiger partial charge >= 0.3 is 5.97 Å². The average Bonchev–Trinajstić information content (AvgIpc) is 2.35. The Morgan fingerprint density at radius 3 is 2.21 bits per heavy atom. The van der Waals surface area contributed by atoms with E-state index in [4.69, 9.17) is 10.8 Å². The topological polar surface area (TPSA) is 127 Å². The van der Waals surface area contributed by atoms with Gasteiger partial charge in [0.05, 0.1) is 4.90 Å². The summed E-state index contributed by atoms with van der Waals surface area (Å²) < 4.78 is 25.9. The summed E-state index contributed by atoms with van der Waals surface area (Å²) in [7, 11) is -3.94. The fourth-order valence-electron chi connectivity index (χ4n) is 1.36. The molecule has 1 aromatic rings. The zero-order valence-electron chi connectivity index (χ0n) is 10.2. The summed E-state index contributed by atoms with van der Waals surface area (Å²) >= 11 is 0. The lowest BCUT2D eigenvalue weighted by Gasteiger charge is -2.12. The standard InChI is InChI=1S/C11H14N2O5S/c1-2-9(11(15)16)13-19(17,18)8-5-3-7(4-6-8)10(12)14/h3-6,9,13H,2H2,1H3,(H2,12,14)(H,15,16)/t9-/m0/s1. The number of carboxylic acid groups (broad SMARTS) is 1. The lowest BCUT2D eigenvalue weighted by atomic mass is 10.2. The van der Waals surface area contributed by atoms with Gasteiger partial charge in [-0.25, -0.2) is 8.42 Å². The summed E-state index contributed by atoms with van der Waals surface area (Å²) in [6.07, 6.45) is 0.119. The van der Waals surface area contributed by atoms with E-state index in [-0.39, 0.29) is 16.9 Å². The monoisotopic (exact) mass is 286 g/mol. The van der Waals surface area contributed by atoms with Crippen LogP contribution in [-0.2, 0) is 14.8 Å². The predicted molar refractivity (Wildman–Crippen MR) is 67.0 cm³/mol. The number of aliphatic carboxylic acids is 1. The minimum Gasteiger partial charge on any atom is -0.480 e. The van der Waals surface area contributed by atoms with Crippen LogP contribution < -0.4 is 10.5 Å². The molecule has 0 radical (unpaired) electrons. The van der Waals surface area contributed by atoms with Crippen LogP contribution in [0.5, 0.6) is 0 Å². The maximum absolute atomic E-state index is 11.9. The SMILES string of the molecule is CC[C@H](NS(=O)(=O)c1ccc(C(N)=O)cc1)C(=O)O. The number of nitrogens with two attached hydrogens (primary N) is 1. The normalized spacial score (nSPS) is 12.9. The Kier molecular flexibility index (Phi) is 4.62. The summed E-state index contributed by atoms with van der Waals surface area (Å²) in [5, 5.41) is 8.81. The Morgan fingerprint density at radius 1 is 1.32 bits per heavy atom. The van der Waals surface area contributed by atoms with Crippen molar-refractivity contribution in [1.29, 1.82) is 0 Å². The number of hydrogen-bond donors (Lipinski definition) is 3. The first-order valence-electron chi connectivity index (χ1n) is 5.43. The van der Waals surface area contributed by atoms with E-state index in [1.165, 1.54) is 24.3 Å². The number of benzene rings is 1. The van der Waals surface area contributed by atoms with Crippen LogP contribution in [-0.4, -0.2) is 31.4 Å². The maximum Gasteiger partial charge on any atom is 0.321 e. The highest BCUT2D eigenvalue weighted by molar-refractivity contribution is 7.89. The number of carbonyl (C=O) groups is 2. The minimum absolute atomic E-state index is 0.119. The Morgan fingerprint density at radius 2 is 1.84 bits per heavy atom. The Hall–Kier alpha value is -1.93. The van der Waals surface area contributed by atoms with Crippen molar-refractivity contribution in [3.8, 4) is 0 Å². The third-order valence-electron chi connectivity index (χ3n) is 2.45. The highest BCUT2D eigenvalue weighted by Gasteiger charge is 2.23. The van der Waals surface area contributed by atoms with Crippen LogP contribution in [0.2, 0.25) is 0 Å². The van der Waals surface area contributed by atoms with Gasteiger partial charge < -0.3 is 10.8 Å². The molecule has 104 valence electrons. The van der Waals surface area contributed by atoms with Gasteiger partial charge in [0.2, 0.25) is 15.9 Å². The van der Waals surface area contributed by atoms with Crippen molar-refractivity contribution in [3.63, 3.8) is 0 Å². The fraction of sp³-hybridized carbons (Fsp3) is 0.273. The zero-order chi connectivity index (χ0) is 14.6. The van der Waals surface area contributed by atoms with E-state index in [9.17, 15) is 18.0 Å². The summed E-state index contributed by atoms with van der Waals surface area (Å²) in [5.41, 5.74) is 5.20. The first-order valence-corrected chi connectivity index (χ1v) is 6.91. The molecule has 0 aromatic heterocycles. The second-order valence-electron chi connectivity index (χ2n) is 3.81. The smallest absolute Gasteiger partial charge is 0.321 e. The van der Waals surface area contributed by atoms with Crippen molar-refractivity contribution >= 4 is 21.9 Å². The third-order valence-corrected chi connectivity index (χ3v) is 3.94. The van der Waals surface area contributed by atoms with Crippen LogP contribution >= 0.6 is 0 Å². The van der Waals surface area contributed by atoms with E-state index < -0.39 is 27.9 Å². The summed E-state index contributed by atoms with van der Waals surface area (Å²) in [5.74, 6) is -1.92. The number of primary amides is 1. The van der Waals surface area contributed by atoms with Crippen molar-refractivity contribution in [1.82, 2.24) is 4.72 Å². The molecule has 0 heterocycles. The molecule has 0 spiro atoms. The number of hydrogen-bond acceptors (Lipinski definition) is 4. The molecule has 0 aliphatic rings. The molecular weight excluding hydrogens is 272 g/mol. The molecule has 0 bridgehead atoms. The van der Waals surface area contributed by atoms with Crippen molar-refractivity contribution in [2.24, 2.45) is 5.73 Å². The largest absolute Gasteiger partial charge is 0.480 e. The van der Waals surface area contributed by atoms with E-state index >= 15 is 0 Å². The van der Waals surface area contributed by atoms with Crippen molar-refractivity contribution in [2.75, 3.05) is 0 Å². The Bertz CT molecular complexity index is 580. The molecule has 1 atom stereocenters. The van der Waals surface area contributed by atoms with Crippen LogP contribution in [0.15, 0.2) is 29.2 Å². The van der Waals surface area contributed by atoms with Gasteiger partial charge in [-0.05, 0) is 30.7 Å². The van der Waals surface area contributed by atoms with Crippen LogP contribution in [0.4, 0.5) is 0 Å². The molecule has 4 N–H and O–H groups in total. The fourth-order valence-corrected chi connectivity index (χ4v) is 2.63. The number of amides is 1. The lowest BCUT2D eigenvalue weighted by molar-refractivity contribution is -0.139. The second kappa shape index (κ2) is 5.81. The molecule has 1 rings (SSSR count). The van der Waals surface area contributed by atoms with Crippen molar-refractivity contribution in [3.05, 3.63) is 29.8 Å². The minimum atomic E-state index is -3.94. The number of nitrogens with one attached hydrogen (secondary N) is 1. The first-order chi connectivity index (χ1) is 8.77. The Labute approximate surface area is 110 Å². The molecule has 19 heavy (non-hydrogen) atoms. The molecule has 0 aliphatic carbocycles. The highest BCUT2D eigenvalue weighted by atomic mass is 32.2. The van der Waals surface area contributed by atoms with Crippen LogP contribution in [0, 0.1) is 0 Å². The third kappa shape index (κ3) is 3.76. The van der Waals surface area contributed by atoms with Crippen LogP contribution in [0.3, 0.4) is 0 Å². The summed E-state index contributed by atoms with van der Waals surface area (Å²) in [4.78, 5) is 21.5. The number of sulfonamides is 1. The van der Waals surface area contributed by atoms with Crippen molar-refractivity contribution < 1.29 is 23.1 Å². The zero-order valence-corrected chi connectivity index (χ0v) is 11.0. The molecule has 0 aliphatic heterocycles. The van der Waals surface area contributed by atoms with Gasteiger partial charge in [-0.15, -0.1) is 0 Å². The predicted octanol–water partition coefficient (Wildman–Crippen LogP) is -0.0730. The molecule has 0 saturated heterocycles. The van der Waals surface area contributed by atoms with E-state index in [0.717, 1.165) is 0 Å². The lowest BCUT2D eigenvalue weighted by Crippen LogP contribution is -2.40. The van der Waals surface area contributed by atoms with Gasteiger partial charge in [-0.3, -0.25) is 9.59 Å². The quantitative estimate of drug-likeness (QED) is 0.674.